The summed E-state index contributed by atoms with van der Waals surface area (Å²) in [7, 11) is 0. The monoisotopic (exact) mass is 233 g/mol. The van der Waals surface area contributed by atoms with Crippen LogP contribution in [0.25, 0.3) is 0 Å². The summed E-state index contributed by atoms with van der Waals surface area (Å²) in [4.78, 5) is 4.17. The fourth-order valence-corrected chi connectivity index (χ4v) is 2.98. The highest BCUT2D eigenvalue weighted by molar-refractivity contribution is 5.44. The number of nitrogens with zero attached hydrogens (tertiary/aromatic N) is 1. The molecule has 3 N–H and O–H groups in total. The largest absolute Gasteiger partial charge is 0.398 e. The second-order valence-electron chi connectivity index (χ2n) is 5.14. The average molecular weight is 233 g/mol. The smallest absolute Gasteiger partial charge is 0.0377 e. The summed E-state index contributed by atoms with van der Waals surface area (Å²) in [5, 5.41) is 3.58. The van der Waals surface area contributed by atoms with Crippen molar-refractivity contribution in [3.05, 3.63) is 24.0 Å². The summed E-state index contributed by atoms with van der Waals surface area (Å²) in [6.07, 6.45) is 7.34. The SMILES string of the molecule is CCNC1CCC(Cc2cnccc2N)C1C. The van der Waals surface area contributed by atoms with Crippen molar-refractivity contribution in [2.45, 2.75) is 39.2 Å². The summed E-state index contributed by atoms with van der Waals surface area (Å²) < 4.78 is 0. The standard InChI is InChI=1S/C14H23N3/c1-3-17-14-5-4-11(10(14)2)8-12-9-16-7-6-13(12)15/h6-7,9-11,14,17H,3-5,8H2,1-2H3,(H2,15,16). The molecule has 17 heavy (non-hydrogen) atoms. The van der Waals surface area contributed by atoms with Crippen LogP contribution in [-0.4, -0.2) is 17.6 Å². The molecule has 0 spiro atoms. The Morgan fingerprint density at radius 3 is 3.00 bits per heavy atom. The van der Waals surface area contributed by atoms with E-state index in [-0.39, 0.29) is 0 Å². The molecule has 3 unspecified atom stereocenters. The Morgan fingerprint density at radius 1 is 1.47 bits per heavy atom. The number of nitrogens with two attached hydrogens (primary N) is 1. The van der Waals surface area contributed by atoms with Gasteiger partial charge in [0.25, 0.3) is 0 Å². The lowest BCUT2D eigenvalue weighted by Crippen LogP contribution is -2.32. The van der Waals surface area contributed by atoms with Gasteiger partial charge in [0.2, 0.25) is 0 Å². The van der Waals surface area contributed by atoms with E-state index in [1.54, 1.807) is 6.20 Å². The van der Waals surface area contributed by atoms with Crippen LogP contribution in [0.3, 0.4) is 0 Å². The Hall–Kier alpha value is -1.09. The average Bonchev–Trinajstić information content (AvgIpc) is 2.65. The lowest BCUT2D eigenvalue weighted by atomic mass is 9.89. The molecule has 2 rings (SSSR count). The molecule has 1 fully saturated rings. The lowest BCUT2D eigenvalue weighted by Gasteiger charge is -2.21. The molecule has 0 aliphatic heterocycles. The van der Waals surface area contributed by atoms with Gasteiger partial charge in [-0.05, 0) is 49.3 Å². The van der Waals surface area contributed by atoms with Gasteiger partial charge in [0.15, 0.2) is 0 Å². The van der Waals surface area contributed by atoms with Gasteiger partial charge in [-0.15, -0.1) is 0 Å². The predicted molar refractivity (Wildman–Crippen MR) is 71.7 cm³/mol. The van der Waals surface area contributed by atoms with Gasteiger partial charge in [0.1, 0.15) is 0 Å². The first-order valence-corrected chi connectivity index (χ1v) is 6.64. The van der Waals surface area contributed by atoms with Crippen molar-refractivity contribution in [3.63, 3.8) is 0 Å². The van der Waals surface area contributed by atoms with Crippen LogP contribution in [0.4, 0.5) is 5.69 Å². The van der Waals surface area contributed by atoms with Crippen LogP contribution in [0.1, 0.15) is 32.3 Å². The maximum atomic E-state index is 5.98. The highest BCUT2D eigenvalue weighted by atomic mass is 14.9. The molecule has 1 heterocycles. The molecule has 1 aromatic rings. The van der Waals surface area contributed by atoms with Crippen LogP contribution in [0, 0.1) is 11.8 Å². The fourth-order valence-electron chi connectivity index (χ4n) is 2.98. The van der Waals surface area contributed by atoms with Crippen molar-refractivity contribution in [1.29, 1.82) is 0 Å². The Balaban J connectivity index is 1.99. The number of anilines is 1. The van der Waals surface area contributed by atoms with E-state index in [4.69, 9.17) is 5.73 Å². The first-order valence-electron chi connectivity index (χ1n) is 6.64. The first kappa shape index (κ1) is 12.4. The summed E-state index contributed by atoms with van der Waals surface area (Å²) in [5.41, 5.74) is 8.08. The summed E-state index contributed by atoms with van der Waals surface area (Å²) in [6.45, 7) is 5.60. The zero-order chi connectivity index (χ0) is 12.3. The van der Waals surface area contributed by atoms with E-state index in [1.165, 1.54) is 18.4 Å². The third-order valence-corrected chi connectivity index (χ3v) is 4.12. The molecule has 0 aromatic carbocycles. The van der Waals surface area contributed by atoms with Crippen molar-refractivity contribution in [1.82, 2.24) is 10.3 Å². The number of nitrogen functional groups attached to an aromatic ring is 1. The van der Waals surface area contributed by atoms with Gasteiger partial charge in [0, 0.05) is 24.1 Å². The van der Waals surface area contributed by atoms with E-state index in [2.05, 4.69) is 24.1 Å². The predicted octanol–water partition coefficient (Wildman–Crippen LogP) is 2.23. The van der Waals surface area contributed by atoms with Gasteiger partial charge in [-0.1, -0.05) is 13.8 Å². The number of hydrogen-bond donors (Lipinski definition) is 2. The minimum atomic E-state index is 0.683. The third kappa shape index (κ3) is 2.78. The van der Waals surface area contributed by atoms with Gasteiger partial charge < -0.3 is 11.1 Å². The Morgan fingerprint density at radius 2 is 2.29 bits per heavy atom. The van der Waals surface area contributed by atoms with Gasteiger partial charge in [-0.25, -0.2) is 0 Å². The maximum Gasteiger partial charge on any atom is 0.0377 e. The highest BCUT2D eigenvalue weighted by Crippen LogP contribution is 2.34. The fraction of sp³-hybridized carbons (Fsp3) is 0.643. The molecule has 1 aliphatic rings. The molecule has 0 saturated heterocycles. The van der Waals surface area contributed by atoms with E-state index in [1.807, 2.05) is 12.3 Å². The third-order valence-electron chi connectivity index (χ3n) is 4.12. The Kier molecular flexibility index (Phi) is 4.00. The summed E-state index contributed by atoms with van der Waals surface area (Å²) in [6, 6.07) is 2.58. The normalized spacial score (nSPS) is 28.5. The van der Waals surface area contributed by atoms with Crippen LogP contribution in [0.2, 0.25) is 0 Å². The Bertz CT molecular complexity index is 364. The summed E-state index contributed by atoms with van der Waals surface area (Å²) >= 11 is 0. The van der Waals surface area contributed by atoms with E-state index in [9.17, 15) is 0 Å². The molecule has 3 heteroatoms. The van der Waals surface area contributed by atoms with Gasteiger partial charge in [0.05, 0.1) is 0 Å². The summed E-state index contributed by atoms with van der Waals surface area (Å²) in [5.74, 6) is 1.47. The number of aromatic nitrogens is 1. The molecule has 3 nitrogen and oxygen atoms in total. The topological polar surface area (TPSA) is 50.9 Å². The Labute approximate surface area is 104 Å². The molecule has 0 radical (unpaired) electrons. The van der Waals surface area contributed by atoms with E-state index >= 15 is 0 Å². The quantitative estimate of drug-likeness (QED) is 0.838. The van der Waals surface area contributed by atoms with Crippen molar-refractivity contribution in [2.24, 2.45) is 11.8 Å². The second-order valence-corrected chi connectivity index (χ2v) is 5.14. The highest BCUT2D eigenvalue weighted by Gasteiger charge is 2.32. The molecule has 1 saturated carbocycles. The van der Waals surface area contributed by atoms with Crippen molar-refractivity contribution >= 4 is 5.69 Å². The van der Waals surface area contributed by atoms with Gasteiger partial charge in [-0.2, -0.15) is 0 Å². The van der Waals surface area contributed by atoms with E-state index in [0.717, 1.165) is 30.5 Å². The molecule has 1 aromatic heterocycles. The molecule has 0 amide bonds. The molecule has 0 bridgehead atoms. The molecule has 94 valence electrons. The van der Waals surface area contributed by atoms with Crippen LogP contribution in [0.5, 0.6) is 0 Å². The molecular weight excluding hydrogens is 210 g/mol. The minimum absolute atomic E-state index is 0.683. The zero-order valence-electron chi connectivity index (χ0n) is 10.8. The number of rotatable bonds is 4. The van der Waals surface area contributed by atoms with Crippen molar-refractivity contribution in [2.75, 3.05) is 12.3 Å². The molecule has 3 atom stereocenters. The zero-order valence-corrected chi connectivity index (χ0v) is 10.8. The second kappa shape index (κ2) is 5.50. The number of hydrogen-bond acceptors (Lipinski definition) is 3. The first-order chi connectivity index (χ1) is 8.22. The van der Waals surface area contributed by atoms with Crippen LogP contribution >= 0.6 is 0 Å². The number of nitrogens with one attached hydrogen (secondary N) is 1. The van der Waals surface area contributed by atoms with Crippen molar-refractivity contribution in [3.8, 4) is 0 Å². The van der Waals surface area contributed by atoms with Crippen LogP contribution in [-0.2, 0) is 6.42 Å². The molecule has 1 aliphatic carbocycles. The molecular formula is C14H23N3. The van der Waals surface area contributed by atoms with Gasteiger partial charge >= 0.3 is 0 Å². The van der Waals surface area contributed by atoms with Crippen LogP contribution in [0.15, 0.2) is 18.5 Å². The van der Waals surface area contributed by atoms with Crippen molar-refractivity contribution < 1.29 is 0 Å². The van der Waals surface area contributed by atoms with E-state index < -0.39 is 0 Å². The minimum Gasteiger partial charge on any atom is -0.398 e. The van der Waals surface area contributed by atoms with Gasteiger partial charge in [-0.3, -0.25) is 4.98 Å². The maximum absolute atomic E-state index is 5.98. The van der Waals surface area contributed by atoms with Crippen LogP contribution < -0.4 is 11.1 Å². The number of pyridine rings is 1. The van der Waals surface area contributed by atoms with E-state index in [0.29, 0.717) is 6.04 Å². The lowest BCUT2D eigenvalue weighted by molar-refractivity contribution is 0.355.